The average Bonchev–Trinajstić information content (AvgIpc) is 2.79. The molecule has 0 aliphatic carbocycles. The van der Waals surface area contributed by atoms with Gasteiger partial charge < -0.3 is 14.7 Å². The van der Waals surface area contributed by atoms with Gasteiger partial charge in [0.25, 0.3) is 0 Å². The first-order chi connectivity index (χ1) is 8.49. The van der Waals surface area contributed by atoms with Crippen molar-refractivity contribution in [1.29, 1.82) is 0 Å². The van der Waals surface area contributed by atoms with Crippen molar-refractivity contribution in [3.05, 3.63) is 10.6 Å². The molecule has 1 unspecified atom stereocenters. The Balaban J connectivity index is 2.09. The Labute approximate surface area is 110 Å². The highest BCUT2D eigenvalue weighted by Crippen LogP contribution is 2.41. The fraction of sp³-hybridized carbons (Fsp3) is 0.667. The van der Waals surface area contributed by atoms with Crippen LogP contribution in [0.4, 0.5) is 0 Å². The number of hydrogen-bond acceptors (Lipinski definition) is 5. The predicted molar refractivity (Wildman–Crippen MR) is 68.1 cm³/mol. The van der Waals surface area contributed by atoms with Crippen molar-refractivity contribution in [2.24, 2.45) is 0 Å². The van der Waals surface area contributed by atoms with Crippen LogP contribution >= 0.6 is 11.8 Å². The van der Waals surface area contributed by atoms with Crippen molar-refractivity contribution in [2.75, 3.05) is 12.3 Å². The molecular weight excluding hydrogens is 254 g/mol. The van der Waals surface area contributed by atoms with Crippen LogP contribution in [-0.4, -0.2) is 46.4 Å². The number of hydrogen-bond donors (Lipinski definition) is 1. The Morgan fingerprint density at radius 2 is 2.28 bits per heavy atom. The Morgan fingerprint density at radius 3 is 2.89 bits per heavy atom. The van der Waals surface area contributed by atoms with E-state index in [0.29, 0.717) is 12.0 Å². The molecule has 0 aromatic heterocycles. The molecule has 0 aromatic carbocycles. The minimum absolute atomic E-state index is 0.00634. The van der Waals surface area contributed by atoms with Gasteiger partial charge in [0.2, 0.25) is 0 Å². The second kappa shape index (κ2) is 5.22. The van der Waals surface area contributed by atoms with E-state index in [1.54, 1.807) is 11.8 Å². The summed E-state index contributed by atoms with van der Waals surface area (Å²) in [5.74, 6) is -0.314. The molecule has 1 N–H and O–H groups in total. The van der Waals surface area contributed by atoms with Crippen LogP contribution in [-0.2, 0) is 14.3 Å². The number of esters is 1. The summed E-state index contributed by atoms with van der Waals surface area (Å²) in [7, 11) is 0. The van der Waals surface area contributed by atoms with Gasteiger partial charge in [0.1, 0.15) is 0 Å². The number of carbonyl (C=O) groups excluding carboxylic acids is 1. The lowest BCUT2D eigenvalue weighted by molar-refractivity contribution is -0.142. The summed E-state index contributed by atoms with van der Waals surface area (Å²) in [6.07, 6.45) is 0.661. The fourth-order valence-corrected chi connectivity index (χ4v) is 3.66. The van der Waals surface area contributed by atoms with Crippen LogP contribution in [0.5, 0.6) is 0 Å². The van der Waals surface area contributed by atoms with Crippen LogP contribution in [0.1, 0.15) is 26.7 Å². The Morgan fingerprint density at radius 1 is 1.56 bits per heavy atom. The number of carboxylic acids is 1. The average molecular weight is 271 g/mol. The second-order valence-electron chi connectivity index (χ2n) is 4.74. The third kappa shape index (κ3) is 2.63. The van der Waals surface area contributed by atoms with E-state index < -0.39 is 5.97 Å². The van der Waals surface area contributed by atoms with Crippen molar-refractivity contribution in [3.8, 4) is 0 Å². The molecule has 2 aliphatic heterocycles. The highest BCUT2D eigenvalue weighted by atomic mass is 32.2. The van der Waals surface area contributed by atoms with E-state index in [2.05, 4.69) is 0 Å². The molecule has 2 heterocycles. The van der Waals surface area contributed by atoms with Crippen LogP contribution in [0.3, 0.4) is 0 Å². The number of thioether (sulfide) groups is 1. The summed E-state index contributed by atoms with van der Waals surface area (Å²) in [6, 6.07) is 0.00634. The second-order valence-corrected chi connectivity index (χ2v) is 5.75. The van der Waals surface area contributed by atoms with E-state index in [-0.39, 0.29) is 24.5 Å². The minimum atomic E-state index is -0.792. The molecule has 0 aromatic rings. The summed E-state index contributed by atoms with van der Waals surface area (Å²) in [4.78, 5) is 24.7. The summed E-state index contributed by atoms with van der Waals surface area (Å²) >= 11 is 1.57. The van der Waals surface area contributed by atoms with Crippen LogP contribution in [0.2, 0.25) is 0 Å². The Kier molecular flexibility index (Phi) is 3.85. The third-order valence-corrected chi connectivity index (χ3v) is 4.28. The topological polar surface area (TPSA) is 66.8 Å². The van der Waals surface area contributed by atoms with E-state index >= 15 is 0 Å². The van der Waals surface area contributed by atoms with Gasteiger partial charge in [0.05, 0.1) is 23.1 Å². The normalized spacial score (nSPS) is 22.6. The standard InChI is InChI=1S/C12H17NO4S/c1-7(2)17-12(16)9-3-4-13-8(5-10(14)15)6-18-11(9)13/h7-8H,3-6H2,1-2H3,(H,14,15). The summed E-state index contributed by atoms with van der Waals surface area (Å²) in [5.41, 5.74) is 0.710. The molecule has 0 saturated carbocycles. The first kappa shape index (κ1) is 13.3. The number of nitrogens with zero attached hydrogens (tertiary/aromatic N) is 1. The molecule has 1 atom stereocenters. The molecule has 0 radical (unpaired) electrons. The number of ether oxygens (including phenoxy) is 1. The van der Waals surface area contributed by atoms with Crippen molar-refractivity contribution < 1.29 is 19.4 Å². The van der Waals surface area contributed by atoms with Gasteiger partial charge >= 0.3 is 11.9 Å². The minimum Gasteiger partial charge on any atom is -0.481 e. The lowest BCUT2D eigenvalue weighted by atomic mass is 10.2. The number of carboxylic acid groups (broad SMARTS) is 1. The van der Waals surface area contributed by atoms with E-state index in [4.69, 9.17) is 9.84 Å². The first-order valence-electron chi connectivity index (χ1n) is 6.04. The van der Waals surface area contributed by atoms with E-state index in [0.717, 1.165) is 17.3 Å². The zero-order chi connectivity index (χ0) is 13.3. The lowest BCUT2D eigenvalue weighted by Gasteiger charge is -2.20. The summed E-state index contributed by atoms with van der Waals surface area (Å²) in [6.45, 7) is 4.37. The molecule has 2 aliphatic rings. The number of carbonyl (C=O) groups is 2. The van der Waals surface area contributed by atoms with E-state index in [1.165, 1.54) is 0 Å². The molecule has 1 saturated heterocycles. The molecule has 0 bridgehead atoms. The SMILES string of the molecule is CC(C)OC(=O)C1=C2SCC(CC(=O)O)N2CC1. The molecule has 6 heteroatoms. The molecule has 100 valence electrons. The van der Waals surface area contributed by atoms with Crippen LogP contribution in [0.15, 0.2) is 10.6 Å². The first-order valence-corrected chi connectivity index (χ1v) is 7.03. The summed E-state index contributed by atoms with van der Waals surface area (Å²) < 4.78 is 5.21. The van der Waals surface area contributed by atoms with Gasteiger partial charge in [0, 0.05) is 18.3 Å². The number of aliphatic carboxylic acids is 1. The molecule has 2 rings (SSSR count). The van der Waals surface area contributed by atoms with Crippen molar-refractivity contribution in [2.45, 2.75) is 38.8 Å². The highest BCUT2D eigenvalue weighted by molar-refractivity contribution is 8.03. The van der Waals surface area contributed by atoms with Gasteiger partial charge in [-0.25, -0.2) is 4.79 Å². The van der Waals surface area contributed by atoms with Crippen LogP contribution < -0.4 is 0 Å². The van der Waals surface area contributed by atoms with Gasteiger partial charge in [-0.3, -0.25) is 4.79 Å². The van der Waals surface area contributed by atoms with Gasteiger partial charge in [-0.15, -0.1) is 11.8 Å². The predicted octanol–water partition coefficient (Wildman–Crippen LogP) is 1.45. The highest BCUT2D eigenvalue weighted by Gasteiger charge is 2.38. The van der Waals surface area contributed by atoms with Crippen LogP contribution in [0.25, 0.3) is 0 Å². The van der Waals surface area contributed by atoms with Crippen molar-refractivity contribution >= 4 is 23.7 Å². The molecule has 18 heavy (non-hydrogen) atoms. The van der Waals surface area contributed by atoms with E-state index in [1.807, 2.05) is 18.7 Å². The maximum atomic E-state index is 11.9. The third-order valence-electron chi connectivity index (χ3n) is 2.97. The maximum Gasteiger partial charge on any atom is 0.336 e. The summed E-state index contributed by atoms with van der Waals surface area (Å²) in [5, 5.41) is 9.77. The van der Waals surface area contributed by atoms with Gasteiger partial charge in [-0.05, 0) is 20.3 Å². The zero-order valence-electron chi connectivity index (χ0n) is 10.5. The molecular formula is C12H17NO4S. The Bertz CT molecular complexity index is 405. The van der Waals surface area contributed by atoms with Crippen molar-refractivity contribution in [1.82, 2.24) is 4.90 Å². The quantitative estimate of drug-likeness (QED) is 0.781. The smallest absolute Gasteiger partial charge is 0.336 e. The van der Waals surface area contributed by atoms with Crippen molar-refractivity contribution in [3.63, 3.8) is 0 Å². The molecule has 0 spiro atoms. The Hall–Kier alpha value is -1.17. The monoisotopic (exact) mass is 271 g/mol. The maximum absolute atomic E-state index is 11.9. The lowest BCUT2D eigenvalue weighted by Crippen LogP contribution is -2.30. The zero-order valence-corrected chi connectivity index (χ0v) is 11.3. The van der Waals surface area contributed by atoms with E-state index in [9.17, 15) is 9.59 Å². The van der Waals surface area contributed by atoms with Gasteiger partial charge in [-0.1, -0.05) is 0 Å². The van der Waals surface area contributed by atoms with Gasteiger partial charge in [0.15, 0.2) is 0 Å². The number of rotatable bonds is 4. The fourth-order valence-electron chi connectivity index (χ4n) is 2.24. The van der Waals surface area contributed by atoms with Gasteiger partial charge in [-0.2, -0.15) is 0 Å². The number of fused-ring (bicyclic) bond motifs is 1. The molecule has 5 nitrogen and oxygen atoms in total. The van der Waals surface area contributed by atoms with Crippen LogP contribution in [0, 0.1) is 0 Å². The largest absolute Gasteiger partial charge is 0.481 e. The molecule has 0 amide bonds. The molecule has 1 fully saturated rings.